The van der Waals surface area contributed by atoms with E-state index in [4.69, 9.17) is 9.52 Å². The van der Waals surface area contributed by atoms with Crippen LogP contribution < -0.4 is 0 Å². The average molecular weight is 421 g/mol. The molecule has 9 nitrogen and oxygen atoms in total. The SMILES string of the molecule is CC1=C(C#N)C(=O)N(CCO)C(=O)/C1=C\c1ccc(-c2cc(C)c(C)cc2[N+](=O)[O-])o1. The van der Waals surface area contributed by atoms with Gasteiger partial charge in [0.2, 0.25) is 0 Å². The Labute approximate surface area is 177 Å². The number of hydrogen-bond acceptors (Lipinski definition) is 7. The third-order valence-corrected chi connectivity index (χ3v) is 5.14. The van der Waals surface area contributed by atoms with E-state index >= 15 is 0 Å². The van der Waals surface area contributed by atoms with Crippen LogP contribution in [0.25, 0.3) is 17.4 Å². The number of aliphatic hydroxyl groups is 1. The van der Waals surface area contributed by atoms with Crippen molar-refractivity contribution >= 4 is 23.6 Å². The molecule has 158 valence electrons. The summed E-state index contributed by atoms with van der Waals surface area (Å²) in [5.74, 6) is -0.955. The lowest BCUT2D eigenvalue weighted by molar-refractivity contribution is -0.384. The van der Waals surface area contributed by atoms with E-state index < -0.39 is 23.3 Å². The van der Waals surface area contributed by atoms with Gasteiger partial charge in [-0.25, -0.2) is 0 Å². The fraction of sp³-hybridized carbons (Fsp3) is 0.227. The van der Waals surface area contributed by atoms with Crippen molar-refractivity contribution in [3.05, 3.63) is 68.0 Å². The van der Waals surface area contributed by atoms with Crippen molar-refractivity contribution in [2.75, 3.05) is 13.2 Å². The first-order valence-electron chi connectivity index (χ1n) is 9.35. The maximum Gasteiger partial charge on any atom is 0.280 e. The predicted molar refractivity (Wildman–Crippen MR) is 110 cm³/mol. The smallest absolute Gasteiger partial charge is 0.280 e. The number of carbonyl (C=O) groups excluding carboxylic acids is 2. The first kappa shape index (κ1) is 21.7. The maximum absolute atomic E-state index is 12.8. The third kappa shape index (κ3) is 3.89. The van der Waals surface area contributed by atoms with Crippen LogP contribution in [-0.4, -0.2) is 39.9 Å². The van der Waals surface area contributed by atoms with Gasteiger partial charge < -0.3 is 9.52 Å². The number of hydrogen-bond donors (Lipinski definition) is 1. The Balaban J connectivity index is 2.10. The summed E-state index contributed by atoms with van der Waals surface area (Å²) in [6, 6.07) is 8.03. The number of β-amino-alcohol motifs (C(OH)–C–C–N with tert-alkyl or cyclic N) is 1. The van der Waals surface area contributed by atoms with Crippen LogP contribution in [0.3, 0.4) is 0 Å². The van der Waals surface area contributed by atoms with Crippen molar-refractivity contribution in [2.24, 2.45) is 0 Å². The lowest BCUT2D eigenvalue weighted by atomic mass is 9.95. The molecule has 0 fully saturated rings. The Bertz CT molecular complexity index is 1210. The summed E-state index contributed by atoms with van der Waals surface area (Å²) in [6.45, 7) is 4.41. The summed E-state index contributed by atoms with van der Waals surface area (Å²) < 4.78 is 5.75. The van der Waals surface area contributed by atoms with Crippen molar-refractivity contribution in [3.63, 3.8) is 0 Å². The molecule has 3 rings (SSSR count). The number of nitro benzene ring substituents is 1. The normalized spacial score (nSPS) is 15.6. The molecular formula is C22H19N3O6. The van der Waals surface area contributed by atoms with Crippen LogP contribution >= 0.6 is 0 Å². The monoisotopic (exact) mass is 421 g/mol. The molecule has 1 aromatic heterocycles. The standard InChI is InChI=1S/C22H19N3O6/c1-12-8-17(19(25(29)30)9-13(12)2)20-5-4-15(31-20)10-16-14(3)18(11-23)22(28)24(6-7-26)21(16)27/h4-5,8-10,26H,6-7H2,1-3H3/b16-10-. The van der Waals surface area contributed by atoms with Gasteiger partial charge in [-0.2, -0.15) is 5.26 Å². The average Bonchev–Trinajstić information content (AvgIpc) is 3.19. The molecule has 1 aromatic carbocycles. The topological polar surface area (TPSA) is 138 Å². The molecule has 0 radical (unpaired) electrons. The number of imide groups is 1. The molecule has 0 saturated carbocycles. The highest BCUT2D eigenvalue weighted by molar-refractivity contribution is 6.19. The van der Waals surface area contributed by atoms with Gasteiger partial charge in [-0.3, -0.25) is 24.6 Å². The number of benzene rings is 1. The van der Waals surface area contributed by atoms with Gasteiger partial charge in [0.15, 0.2) is 0 Å². The molecule has 0 atom stereocenters. The molecule has 1 N–H and O–H groups in total. The molecule has 0 spiro atoms. The van der Waals surface area contributed by atoms with Gasteiger partial charge in [0.25, 0.3) is 17.5 Å². The zero-order valence-electron chi connectivity index (χ0n) is 17.1. The number of rotatable bonds is 5. The van der Waals surface area contributed by atoms with E-state index in [1.807, 2.05) is 6.92 Å². The van der Waals surface area contributed by atoms with E-state index in [0.717, 1.165) is 16.0 Å². The summed E-state index contributed by atoms with van der Waals surface area (Å²) in [7, 11) is 0. The summed E-state index contributed by atoms with van der Waals surface area (Å²) >= 11 is 0. The van der Waals surface area contributed by atoms with Crippen LogP contribution in [0.1, 0.15) is 23.8 Å². The first-order valence-corrected chi connectivity index (χ1v) is 9.35. The summed E-state index contributed by atoms with van der Waals surface area (Å²) in [4.78, 5) is 36.9. The van der Waals surface area contributed by atoms with Gasteiger partial charge in [0, 0.05) is 11.6 Å². The lowest BCUT2D eigenvalue weighted by Gasteiger charge is -2.26. The van der Waals surface area contributed by atoms with Crippen molar-refractivity contribution in [2.45, 2.75) is 20.8 Å². The lowest BCUT2D eigenvalue weighted by Crippen LogP contribution is -2.44. The van der Waals surface area contributed by atoms with Gasteiger partial charge >= 0.3 is 0 Å². The summed E-state index contributed by atoms with van der Waals surface area (Å²) in [5.41, 5.74) is 1.89. The number of nitro groups is 1. The molecular weight excluding hydrogens is 402 g/mol. The maximum atomic E-state index is 12.8. The first-order chi connectivity index (χ1) is 14.7. The van der Waals surface area contributed by atoms with Crippen molar-refractivity contribution in [1.82, 2.24) is 4.90 Å². The molecule has 0 saturated heterocycles. The van der Waals surface area contributed by atoms with E-state index in [-0.39, 0.29) is 40.5 Å². The Morgan fingerprint density at radius 3 is 2.48 bits per heavy atom. The van der Waals surface area contributed by atoms with Gasteiger partial charge in [-0.1, -0.05) is 0 Å². The van der Waals surface area contributed by atoms with Gasteiger partial charge in [0.1, 0.15) is 23.2 Å². The summed E-state index contributed by atoms with van der Waals surface area (Å²) in [6.07, 6.45) is 1.38. The fourth-order valence-corrected chi connectivity index (χ4v) is 3.30. The number of nitrogens with zero attached hydrogens (tertiary/aromatic N) is 3. The highest BCUT2D eigenvalue weighted by atomic mass is 16.6. The minimum Gasteiger partial charge on any atom is -0.456 e. The van der Waals surface area contributed by atoms with Crippen molar-refractivity contribution in [3.8, 4) is 17.4 Å². The van der Waals surface area contributed by atoms with E-state index in [9.17, 15) is 25.0 Å². The van der Waals surface area contributed by atoms with Crippen LogP contribution in [0.15, 0.2) is 45.4 Å². The second kappa shape index (κ2) is 8.38. The number of carbonyl (C=O) groups is 2. The molecule has 0 bridgehead atoms. The van der Waals surface area contributed by atoms with Crippen LogP contribution in [0.4, 0.5) is 5.69 Å². The Hall–Kier alpha value is -4.03. The Morgan fingerprint density at radius 2 is 1.87 bits per heavy atom. The molecule has 1 aliphatic heterocycles. The second-order valence-corrected chi connectivity index (χ2v) is 7.07. The Morgan fingerprint density at radius 1 is 1.19 bits per heavy atom. The molecule has 2 amide bonds. The van der Waals surface area contributed by atoms with Gasteiger partial charge in [0.05, 0.1) is 23.6 Å². The van der Waals surface area contributed by atoms with E-state index in [1.54, 1.807) is 31.2 Å². The minimum atomic E-state index is -0.762. The molecule has 9 heteroatoms. The number of amides is 2. The molecule has 31 heavy (non-hydrogen) atoms. The molecule has 1 aliphatic rings. The van der Waals surface area contributed by atoms with Gasteiger partial charge in [-0.15, -0.1) is 0 Å². The van der Waals surface area contributed by atoms with Crippen LogP contribution in [0.2, 0.25) is 0 Å². The van der Waals surface area contributed by atoms with Gasteiger partial charge in [-0.05, 0) is 61.7 Å². The van der Waals surface area contributed by atoms with E-state index in [0.29, 0.717) is 5.56 Å². The molecule has 0 unspecified atom stereocenters. The van der Waals surface area contributed by atoms with Crippen molar-refractivity contribution < 1.29 is 24.0 Å². The van der Waals surface area contributed by atoms with E-state index in [2.05, 4.69) is 0 Å². The van der Waals surface area contributed by atoms with Crippen LogP contribution in [0.5, 0.6) is 0 Å². The van der Waals surface area contributed by atoms with E-state index in [1.165, 1.54) is 19.1 Å². The Kier molecular flexibility index (Phi) is 5.86. The number of aliphatic hydroxyl groups excluding tert-OH is 1. The molecule has 2 heterocycles. The molecule has 0 aliphatic carbocycles. The zero-order valence-corrected chi connectivity index (χ0v) is 17.1. The summed E-state index contributed by atoms with van der Waals surface area (Å²) in [5, 5.41) is 30.0. The number of aryl methyl sites for hydroxylation is 2. The highest BCUT2D eigenvalue weighted by Crippen LogP contribution is 2.35. The zero-order chi connectivity index (χ0) is 22.9. The minimum absolute atomic E-state index is 0.0695. The second-order valence-electron chi connectivity index (χ2n) is 7.07. The fourth-order valence-electron chi connectivity index (χ4n) is 3.30. The number of nitriles is 1. The third-order valence-electron chi connectivity index (χ3n) is 5.14. The quantitative estimate of drug-likeness (QED) is 0.339. The van der Waals surface area contributed by atoms with Crippen molar-refractivity contribution in [1.29, 1.82) is 5.26 Å². The number of furan rings is 1. The molecule has 2 aromatic rings. The highest BCUT2D eigenvalue weighted by Gasteiger charge is 2.35. The van der Waals surface area contributed by atoms with Crippen LogP contribution in [-0.2, 0) is 9.59 Å². The predicted octanol–water partition coefficient (Wildman–Crippen LogP) is 3.06. The van der Waals surface area contributed by atoms with Crippen LogP contribution in [0, 0.1) is 35.3 Å². The largest absolute Gasteiger partial charge is 0.456 e.